The molecule has 2 atom stereocenters. The standard InChI is InChI=1S/C32H54NO8P/c1-3-5-7-9-11-13-14-15-16-17-19-21-23-25-32(35)41-30(29-40-42(36,37)39-27-26-33)28-38-31(34)24-22-20-18-12-10-8-6-4-2/h5,7,9,11,13-17,19,30H,3-4,6,8,10,12,18,20-29,33H2,1-2H3,(H,36,37)/b7-5+,11-9+,14-13+,16-15+,19-17+. The van der Waals surface area contributed by atoms with Gasteiger partial charge in [-0.15, -0.1) is 0 Å². The Labute approximate surface area is 253 Å². The van der Waals surface area contributed by atoms with E-state index in [4.69, 9.17) is 24.3 Å². The number of nitrogens with two attached hydrogens (primary N) is 1. The summed E-state index contributed by atoms with van der Waals surface area (Å²) in [6.07, 6.45) is 30.0. The van der Waals surface area contributed by atoms with Crippen LogP contribution in [-0.2, 0) is 32.7 Å². The molecule has 0 aromatic rings. The first-order valence-electron chi connectivity index (χ1n) is 15.3. The number of allylic oxidation sites excluding steroid dienone is 10. The van der Waals surface area contributed by atoms with Crippen molar-refractivity contribution in [2.75, 3.05) is 26.4 Å². The van der Waals surface area contributed by atoms with Crippen molar-refractivity contribution in [2.24, 2.45) is 5.73 Å². The zero-order valence-electron chi connectivity index (χ0n) is 25.7. The highest BCUT2D eigenvalue weighted by Crippen LogP contribution is 2.43. The quantitative estimate of drug-likeness (QED) is 0.0421. The molecule has 3 N–H and O–H groups in total. The summed E-state index contributed by atoms with van der Waals surface area (Å²) < 4.78 is 32.3. The Balaban J connectivity index is 4.52. The Morgan fingerprint density at radius 3 is 1.93 bits per heavy atom. The van der Waals surface area contributed by atoms with Crippen molar-refractivity contribution in [3.8, 4) is 0 Å². The average molecular weight is 612 g/mol. The second-order valence-electron chi connectivity index (χ2n) is 9.72. The van der Waals surface area contributed by atoms with Crippen LogP contribution in [0, 0.1) is 0 Å². The van der Waals surface area contributed by atoms with Gasteiger partial charge in [0.1, 0.15) is 6.61 Å². The van der Waals surface area contributed by atoms with Gasteiger partial charge in [0, 0.05) is 19.4 Å². The molecule has 0 saturated carbocycles. The summed E-state index contributed by atoms with van der Waals surface area (Å²) in [5, 5.41) is 0. The van der Waals surface area contributed by atoms with Crippen LogP contribution in [0.3, 0.4) is 0 Å². The van der Waals surface area contributed by atoms with Crippen molar-refractivity contribution in [3.63, 3.8) is 0 Å². The van der Waals surface area contributed by atoms with Gasteiger partial charge in [-0.25, -0.2) is 4.57 Å². The van der Waals surface area contributed by atoms with E-state index in [1.807, 2.05) is 54.7 Å². The molecule has 0 fully saturated rings. The Hall–Kier alpha value is -2.29. The lowest BCUT2D eigenvalue weighted by atomic mass is 10.1. The Kier molecular flexibility index (Phi) is 27.2. The van der Waals surface area contributed by atoms with Crippen LogP contribution in [0.25, 0.3) is 0 Å². The fraction of sp³-hybridized carbons (Fsp3) is 0.625. The number of unbranched alkanes of at least 4 members (excludes halogenated alkanes) is 8. The van der Waals surface area contributed by atoms with Crippen molar-refractivity contribution >= 4 is 19.8 Å². The van der Waals surface area contributed by atoms with Gasteiger partial charge in [0.05, 0.1) is 13.2 Å². The van der Waals surface area contributed by atoms with E-state index in [0.29, 0.717) is 12.8 Å². The first-order chi connectivity index (χ1) is 20.3. The van der Waals surface area contributed by atoms with E-state index >= 15 is 0 Å². The molecule has 0 spiro atoms. The van der Waals surface area contributed by atoms with Crippen LogP contribution in [0.5, 0.6) is 0 Å². The fourth-order valence-electron chi connectivity index (χ4n) is 3.54. The molecule has 0 saturated heterocycles. The number of ether oxygens (including phenoxy) is 2. The maximum atomic E-state index is 12.4. The first kappa shape index (κ1) is 39.7. The summed E-state index contributed by atoms with van der Waals surface area (Å²) in [5.41, 5.74) is 5.29. The van der Waals surface area contributed by atoms with E-state index in [0.717, 1.165) is 32.1 Å². The smallest absolute Gasteiger partial charge is 0.462 e. The van der Waals surface area contributed by atoms with Gasteiger partial charge in [-0.05, 0) is 25.7 Å². The van der Waals surface area contributed by atoms with Crippen molar-refractivity contribution in [1.82, 2.24) is 0 Å². The maximum absolute atomic E-state index is 12.4. The van der Waals surface area contributed by atoms with E-state index in [1.54, 1.807) is 0 Å². The molecule has 0 aliphatic carbocycles. The van der Waals surface area contributed by atoms with Gasteiger partial charge < -0.3 is 20.1 Å². The summed E-state index contributed by atoms with van der Waals surface area (Å²) >= 11 is 0. The van der Waals surface area contributed by atoms with Crippen molar-refractivity contribution in [1.29, 1.82) is 0 Å². The predicted octanol–water partition coefficient (Wildman–Crippen LogP) is 7.43. The minimum Gasteiger partial charge on any atom is -0.462 e. The molecular weight excluding hydrogens is 557 g/mol. The number of hydrogen-bond donors (Lipinski definition) is 2. The number of phosphoric acid groups is 1. The third-order valence-corrected chi connectivity index (χ3v) is 6.78. The third kappa shape index (κ3) is 27.9. The molecule has 0 aliphatic heterocycles. The summed E-state index contributed by atoms with van der Waals surface area (Å²) in [7, 11) is -4.38. The molecule has 0 rings (SSSR count). The zero-order chi connectivity index (χ0) is 31.2. The van der Waals surface area contributed by atoms with Gasteiger partial charge in [-0.2, -0.15) is 0 Å². The Morgan fingerprint density at radius 2 is 1.31 bits per heavy atom. The molecule has 0 aromatic heterocycles. The zero-order valence-corrected chi connectivity index (χ0v) is 26.6. The highest BCUT2D eigenvalue weighted by molar-refractivity contribution is 7.47. The number of carbonyl (C=O) groups excluding carboxylic acids is 2. The van der Waals surface area contributed by atoms with Crippen LogP contribution in [0.4, 0.5) is 0 Å². The van der Waals surface area contributed by atoms with Crippen molar-refractivity contribution in [3.05, 3.63) is 60.8 Å². The lowest BCUT2D eigenvalue weighted by Crippen LogP contribution is -2.29. The van der Waals surface area contributed by atoms with Crippen LogP contribution < -0.4 is 5.73 Å². The Bertz CT molecular complexity index is 882. The average Bonchev–Trinajstić information content (AvgIpc) is 2.97. The topological polar surface area (TPSA) is 134 Å². The summed E-state index contributed by atoms with van der Waals surface area (Å²) in [4.78, 5) is 34.3. The lowest BCUT2D eigenvalue weighted by molar-refractivity contribution is -0.161. The second-order valence-corrected chi connectivity index (χ2v) is 11.2. The second kappa shape index (κ2) is 28.8. The van der Waals surface area contributed by atoms with E-state index < -0.39 is 32.5 Å². The van der Waals surface area contributed by atoms with Gasteiger partial charge in [-0.1, -0.05) is 120 Å². The monoisotopic (exact) mass is 611 g/mol. The van der Waals surface area contributed by atoms with Gasteiger partial charge in [-0.3, -0.25) is 18.6 Å². The number of phosphoric ester groups is 1. The lowest BCUT2D eigenvalue weighted by Gasteiger charge is -2.19. The van der Waals surface area contributed by atoms with Crippen LogP contribution in [0.1, 0.15) is 97.3 Å². The largest absolute Gasteiger partial charge is 0.472 e. The summed E-state index contributed by atoms with van der Waals surface area (Å²) in [6.45, 7) is 3.41. The molecule has 2 unspecified atom stereocenters. The highest BCUT2D eigenvalue weighted by Gasteiger charge is 2.25. The van der Waals surface area contributed by atoms with Crippen LogP contribution in [0.15, 0.2) is 60.8 Å². The van der Waals surface area contributed by atoms with Crippen molar-refractivity contribution in [2.45, 2.75) is 103 Å². The van der Waals surface area contributed by atoms with E-state index in [9.17, 15) is 19.0 Å². The predicted molar refractivity (Wildman–Crippen MR) is 169 cm³/mol. The minimum atomic E-state index is -4.38. The molecule has 240 valence electrons. The number of carbonyl (C=O) groups is 2. The van der Waals surface area contributed by atoms with Crippen LogP contribution in [0.2, 0.25) is 0 Å². The first-order valence-corrected chi connectivity index (χ1v) is 16.8. The van der Waals surface area contributed by atoms with Gasteiger partial charge in [0.25, 0.3) is 0 Å². The molecular formula is C32H54NO8P. The molecule has 0 aliphatic rings. The van der Waals surface area contributed by atoms with Crippen molar-refractivity contribution < 1.29 is 37.6 Å². The van der Waals surface area contributed by atoms with Gasteiger partial charge in [0.15, 0.2) is 6.10 Å². The Morgan fingerprint density at radius 1 is 0.738 bits per heavy atom. The van der Waals surface area contributed by atoms with Gasteiger partial charge >= 0.3 is 19.8 Å². The maximum Gasteiger partial charge on any atom is 0.472 e. The number of esters is 2. The number of rotatable bonds is 27. The van der Waals surface area contributed by atoms with E-state index in [1.165, 1.54) is 25.7 Å². The fourth-order valence-corrected chi connectivity index (χ4v) is 4.31. The molecule has 0 amide bonds. The molecule has 9 nitrogen and oxygen atoms in total. The summed E-state index contributed by atoms with van der Waals surface area (Å²) in [6, 6.07) is 0. The normalized spacial score (nSPS) is 14.5. The molecule has 0 aromatic carbocycles. The molecule has 42 heavy (non-hydrogen) atoms. The molecule has 0 radical (unpaired) electrons. The molecule has 0 heterocycles. The number of hydrogen-bond acceptors (Lipinski definition) is 8. The minimum absolute atomic E-state index is 0.0396. The van der Waals surface area contributed by atoms with E-state index in [2.05, 4.69) is 19.9 Å². The van der Waals surface area contributed by atoms with E-state index in [-0.39, 0.29) is 32.6 Å². The van der Waals surface area contributed by atoms with Crippen LogP contribution in [-0.4, -0.2) is 49.3 Å². The SMILES string of the molecule is CC/C=C/C=C/C=C/C=C/C=C/CCCC(=O)OC(COC(=O)CCCCCCCCCC)COP(=O)(O)OCCN. The highest BCUT2D eigenvalue weighted by atomic mass is 31.2. The van der Waals surface area contributed by atoms with Crippen LogP contribution >= 0.6 is 7.82 Å². The van der Waals surface area contributed by atoms with Gasteiger partial charge in [0.2, 0.25) is 0 Å². The molecule has 0 bridgehead atoms. The molecule has 10 heteroatoms. The summed E-state index contributed by atoms with van der Waals surface area (Å²) in [5.74, 6) is -0.930. The third-order valence-electron chi connectivity index (χ3n) is 5.80.